The molecule has 0 N–H and O–H groups in total. The third-order valence-corrected chi connectivity index (χ3v) is 1.54. The van der Waals surface area contributed by atoms with Crippen molar-refractivity contribution >= 4 is 5.97 Å². The molecule has 0 aliphatic rings. The Kier molecular flexibility index (Phi) is 4.55. The molecule has 0 amide bonds. The highest BCUT2D eigenvalue weighted by Crippen LogP contribution is 2.04. The zero-order chi connectivity index (χ0) is 10.5. The molecule has 0 aromatic heterocycles. The number of nitroso groups, excluding NO2 is 1. The van der Waals surface area contributed by atoms with Gasteiger partial charge in [0.1, 0.15) is 6.54 Å². The number of ether oxygens (including phenoxy) is 1. The number of carbonyl (C=O) groups is 1. The molecular weight excluding hydrogens is 172 g/mol. The molecule has 5 heteroatoms. The van der Waals surface area contributed by atoms with Crippen LogP contribution in [0.1, 0.15) is 6.42 Å². The molecule has 13 heavy (non-hydrogen) atoms. The Hall–Kier alpha value is -0.970. The normalized spacial score (nSPS) is 13.5. The van der Waals surface area contributed by atoms with Gasteiger partial charge in [0.05, 0.1) is 34.7 Å². The molecule has 0 aromatic carbocycles. The van der Waals surface area contributed by atoms with Crippen molar-refractivity contribution in [1.82, 2.24) is 0 Å². The quantitative estimate of drug-likeness (QED) is 0.357. The number of carbonyl (C=O) groups excluding carboxylic acids is 1. The number of hydrogen-bond acceptors (Lipinski definition) is 4. The molecule has 0 rings (SSSR count). The first-order valence-corrected chi connectivity index (χ1v) is 4.09. The lowest BCUT2D eigenvalue weighted by Crippen LogP contribution is -2.41. The second-order valence-corrected chi connectivity index (χ2v) is 4.01. The molecule has 5 nitrogen and oxygen atoms in total. The predicted molar refractivity (Wildman–Crippen MR) is 49.1 cm³/mol. The Balaban J connectivity index is 4.04. The van der Waals surface area contributed by atoms with Gasteiger partial charge in [-0.25, -0.2) is 0 Å². The first-order chi connectivity index (χ1) is 5.89. The fourth-order valence-corrected chi connectivity index (χ4v) is 1.04. The topological polar surface area (TPSA) is 55.7 Å². The molecule has 0 saturated carbocycles. The van der Waals surface area contributed by atoms with Gasteiger partial charge in [-0.3, -0.25) is 4.79 Å². The highest BCUT2D eigenvalue weighted by atomic mass is 16.5. The van der Waals surface area contributed by atoms with Crippen molar-refractivity contribution in [3.8, 4) is 0 Å². The summed E-state index contributed by atoms with van der Waals surface area (Å²) in [6.07, 6.45) is 0.0650. The largest absolute Gasteiger partial charge is 0.469 e. The summed E-state index contributed by atoms with van der Waals surface area (Å²) in [7, 11) is 7.12. The van der Waals surface area contributed by atoms with Gasteiger partial charge in [0.15, 0.2) is 6.04 Å². The van der Waals surface area contributed by atoms with E-state index in [2.05, 4.69) is 9.91 Å². The second-order valence-electron chi connectivity index (χ2n) is 4.01. The molecule has 0 spiro atoms. The summed E-state index contributed by atoms with van der Waals surface area (Å²) in [6, 6.07) is -0.493. The predicted octanol–water partition coefficient (Wildman–Crippen LogP) is 0.391. The highest BCUT2D eigenvalue weighted by Gasteiger charge is 2.21. The Bertz CT molecular complexity index is 186. The highest BCUT2D eigenvalue weighted by molar-refractivity contribution is 5.69. The van der Waals surface area contributed by atoms with Crippen molar-refractivity contribution in [1.29, 1.82) is 0 Å². The third-order valence-electron chi connectivity index (χ3n) is 1.54. The van der Waals surface area contributed by atoms with E-state index in [0.717, 1.165) is 0 Å². The van der Waals surface area contributed by atoms with Gasteiger partial charge < -0.3 is 9.22 Å². The van der Waals surface area contributed by atoms with E-state index in [1.807, 2.05) is 21.1 Å². The maximum Gasteiger partial charge on any atom is 0.308 e. The number of likely N-dealkylation sites (N-methyl/N-ethyl adjacent to an activating group) is 1. The summed E-state index contributed by atoms with van der Waals surface area (Å²) in [6.45, 7) is 0.540. The summed E-state index contributed by atoms with van der Waals surface area (Å²) >= 11 is 0. The maximum atomic E-state index is 10.8. The van der Waals surface area contributed by atoms with Crippen LogP contribution in [0.15, 0.2) is 5.18 Å². The Morgan fingerprint density at radius 1 is 1.46 bits per heavy atom. The van der Waals surface area contributed by atoms with E-state index in [9.17, 15) is 9.70 Å². The van der Waals surface area contributed by atoms with Crippen molar-refractivity contribution in [3.05, 3.63) is 4.91 Å². The molecule has 0 aliphatic heterocycles. The minimum atomic E-state index is -0.493. The first-order valence-electron chi connectivity index (χ1n) is 4.09. The minimum absolute atomic E-state index is 0.0650. The van der Waals surface area contributed by atoms with Crippen LogP contribution >= 0.6 is 0 Å². The monoisotopic (exact) mass is 189 g/mol. The van der Waals surface area contributed by atoms with E-state index < -0.39 is 12.0 Å². The zero-order valence-electron chi connectivity index (χ0n) is 8.61. The van der Waals surface area contributed by atoms with Crippen LogP contribution in [0.25, 0.3) is 0 Å². The van der Waals surface area contributed by atoms with E-state index in [1.165, 1.54) is 7.11 Å². The maximum absolute atomic E-state index is 10.8. The Labute approximate surface area is 78.2 Å². The number of quaternary nitrogens is 1. The molecule has 1 atom stereocenters. The van der Waals surface area contributed by atoms with Gasteiger partial charge in [0.25, 0.3) is 0 Å². The van der Waals surface area contributed by atoms with Gasteiger partial charge in [0, 0.05) is 0 Å². The number of rotatable bonds is 5. The van der Waals surface area contributed by atoms with E-state index in [0.29, 0.717) is 11.0 Å². The minimum Gasteiger partial charge on any atom is -0.469 e. The van der Waals surface area contributed by atoms with Gasteiger partial charge in [-0.05, 0) is 0 Å². The van der Waals surface area contributed by atoms with Crippen molar-refractivity contribution in [2.45, 2.75) is 12.5 Å². The van der Waals surface area contributed by atoms with Crippen molar-refractivity contribution in [2.24, 2.45) is 5.18 Å². The summed E-state index contributed by atoms with van der Waals surface area (Å²) < 4.78 is 5.06. The molecule has 0 aromatic rings. The van der Waals surface area contributed by atoms with E-state index in [1.54, 1.807) is 0 Å². The molecule has 0 saturated heterocycles. The van der Waals surface area contributed by atoms with Crippen LogP contribution in [0, 0.1) is 4.91 Å². The lowest BCUT2D eigenvalue weighted by atomic mass is 10.2. The lowest BCUT2D eigenvalue weighted by molar-refractivity contribution is -0.871. The van der Waals surface area contributed by atoms with Crippen molar-refractivity contribution in [3.63, 3.8) is 0 Å². The molecule has 0 heterocycles. The molecular formula is C8H17N2O3+. The van der Waals surface area contributed by atoms with Gasteiger partial charge in [-0.1, -0.05) is 5.18 Å². The first kappa shape index (κ1) is 12.0. The molecule has 1 unspecified atom stereocenters. The van der Waals surface area contributed by atoms with E-state index in [-0.39, 0.29) is 6.42 Å². The van der Waals surface area contributed by atoms with Crippen LogP contribution in [0.5, 0.6) is 0 Å². The average molecular weight is 189 g/mol. The van der Waals surface area contributed by atoms with Crippen LogP contribution in [0.4, 0.5) is 0 Å². The molecule has 0 radical (unpaired) electrons. The van der Waals surface area contributed by atoms with Gasteiger partial charge in [-0.2, -0.15) is 4.91 Å². The summed E-state index contributed by atoms with van der Waals surface area (Å²) in [5, 5.41) is 2.89. The van der Waals surface area contributed by atoms with Crippen LogP contribution in [0.3, 0.4) is 0 Å². The average Bonchev–Trinajstić information content (AvgIpc) is 2.00. The summed E-state index contributed by atoms with van der Waals surface area (Å²) in [5.74, 6) is -0.391. The molecule has 0 fully saturated rings. The summed E-state index contributed by atoms with van der Waals surface area (Å²) in [5.41, 5.74) is 0. The van der Waals surface area contributed by atoms with Crippen molar-refractivity contribution in [2.75, 3.05) is 34.8 Å². The number of esters is 1. The Morgan fingerprint density at radius 3 is 2.31 bits per heavy atom. The van der Waals surface area contributed by atoms with E-state index in [4.69, 9.17) is 0 Å². The van der Waals surface area contributed by atoms with Gasteiger partial charge in [0.2, 0.25) is 0 Å². The lowest BCUT2D eigenvalue weighted by Gasteiger charge is -2.25. The fraction of sp³-hybridized carbons (Fsp3) is 0.875. The standard InChI is InChI=1S/C8H17N2O3/c1-10(2,3)6-7(9-12)5-8(11)13-4/h7H,5-6H2,1-4H3/q+1. The fourth-order valence-electron chi connectivity index (χ4n) is 1.04. The summed E-state index contributed by atoms with van der Waals surface area (Å²) in [4.78, 5) is 21.2. The number of nitrogens with zero attached hydrogens (tertiary/aromatic N) is 2. The molecule has 0 bridgehead atoms. The van der Waals surface area contributed by atoms with Crippen molar-refractivity contribution < 1.29 is 14.0 Å². The number of hydrogen-bond donors (Lipinski definition) is 0. The van der Waals surface area contributed by atoms with Gasteiger partial charge in [-0.15, -0.1) is 0 Å². The van der Waals surface area contributed by atoms with Crippen LogP contribution in [0.2, 0.25) is 0 Å². The molecule has 0 aliphatic carbocycles. The van der Waals surface area contributed by atoms with Crippen LogP contribution in [-0.2, 0) is 9.53 Å². The number of methoxy groups -OCH3 is 1. The molecule has 76 valence electrons. The van der Waals surface area contributed by atoms with Crippen LogP contribution in [-0.4, -0.2) is 51.3 Å². The zero-order valence-corrected chi connectivity index (χ0v) is 8.61. The third kappa shape index (κ3) is 6.21. The van der Waals surface area contributed by atoms with Crippen LogP contribution < -0.4 is 0 Å². The van der Waals surface area contributed by atoms with Gasteiger partial charge >= 0.3 is 5.97 Å². The second kappa shape index (κ2) is 4.91. The van der Waals surface area contributed by atoms with E-state index >= 15 is 0 Å². The SMILES string of the molecule is COC(=O)CC(C[N+](C)(C)C)N=O. The smallest absolute Gasteiger partial charge is 0.308 e. The Morgan fingerprint density at radius 2 is 2.00 bits per heavy atom.